The summed E-state index contributed by atoms with van der Waals surface area (Å²) >= 11 is 0. The normalized spacial score (nSPS) is 25.6. The Morgan fingerprint density at radius 3 is 2.70 bits per heavy atom. The van der Waals surface area contributed by atoms with Gasteiger partial charge in [-0.25, -0.2) is 4.98 Å². The topological polar surface area (TPSA) is 95.7 Å². The molecule has 2 unspecified atom stereocenters. The van der Waals surface area contributed by atoms with Crippen LogP contribution < -0.4 is 5.56 Å². The Morgan fingerprint density at radius 1 is 1.22 bits per heavy atom. The zero-order valence-electron chi connectivity index (χ0n) is 15.4. The number of para-hydroxylation sites is 2. The van der Waals surface area contributed by atoms with E-state index in [-0.39, 0.29) is 18.2 Å². The maximum absolute atomic E-state index is 13.1. The second-order valence-corrected chi connectivity index (χ2v) is 7.68. The first-order valence-corrected chi connectivity index (χ1v) is 9.00. The summed E-state index contributed by atoms with van der Waals surface area (Å²) in [6.07, 6.45) is 0.718. The highest BCUT2D eigenvalue weighted by atomic mass is 16.4. The summed E-state index contributed by atoms with van der Waals surface area (Å²) in [4.78, 5) is 45.6. The molecule has 2 aliphatic rings. The molecule has 1 N–H and O–H groups in total. The van der Waals surface area contributed by atoms with Crippen LogP contribution >= 0.6 is 0 Å². The smallest absolute Gasteiger partial charge is 0.313 e. The van der Waals surface area contributed by atoms with Gasteiger partial charge in [0, 0.05) is 26.7 Å². The van der Waals surface area contributed by atoms with Crippen molar-refractivity contribution in [1.29, 1.82) is 0 Å². The van der Waals surface area contributed by atoms with Crippen LogP contribution in [0.3, 0.4) is 0 Å². The molecule has 0 saturated carbocycles. The molecule has 1 aromatic carbocycles. The molecule has 1 aromatic heterocycles. The Balaban J connectivity index is 1.72. The Labute approximate surface area is 156 Å². The fraction of sp³-hybridized carbons (Fsp3) is 0.474. The van der Waals surface area contributed by atoms with Crippen LogP contribution in [0.4, 0.5) is 0 Å². The van der Waals surface area contributed by atoms with Crippen LogP contribution in [0.5, 0.6) is 0 Å². The van der Waals surface area contributed by atoms with Crippen molar-refractivity contribution < 1.29 is 14.7 Å². The fourth-order valence-corrected chi connectivity index (χ4v) is 4.49. The molecule has 0 aliphatic carbocycles. The summed E-state index contributed by atoms with van der Waals surface area (Å²) in [6.45, 7) is 1.65. The third kappa shape index (κ3) is 2.63. The van der Waals surface area contributed by atoms with Gasteiger partial charge in [0.25, 0.3) is 11.5 Å². The minimum absolute atomic E-state index is 0.105. The predicted octanol–water partition coefficient (Wildman–Crippen LogP) is 0.412. The van der Waals surface area contributed by atoms with Crippen molar-refractivity contribution in [2.24, 2.45) is 18.4 Å². The number of nitrogens with zero attached hydrogens (tertiary/aromatic N) is 4. The molecule has 8 heteroatoms. The molecule has 3 heterocycles. The molecule has 142 valence electrons. The van der Waals surface area contributed by atoms with Crippen molar-refractivity contribution in [2.45, 2.75) is 6.42 Å². The largest absolute Gasteiger partial charge is 0.481 e. The van der Waals surface area contributed by atoms with Gasteiger partial charge in [-0.15, -0.1) is 0 Å². The quantitative estimate of drug-likeness (QED) is 0.823. The zero-order valence-corrected chi connectivity index (χ0v) is 15.4. The molecule has 2 atom stereocenters. The van der Waals surface area contributed by atoms with Crippen molar-refractivity contribution in [3.05, 3.63) is 40.3 Å². The van der Waals surface area contributed by atoms with Gasteiger partial charge in [-0.05, 0) is 38.1 Å². The van der Waals surface area contributed by atoms with E-state index in [1.54, 1.807) is 25.2 Å². The number of aliphatic carboxylic acids is 1. The number of hydrogen-bond donors (Lipinski definition) is 1. The standard InChI is InChI=1S/C19H22N4O4/c1-21-8-7-12-9-23(11-19(12,10-21)18(26)27)17(25)15-16(24)22(2)14-6-4-3-5-13(14)20-15/h3-6,12H,7-11H2,1-2H3,(H,26,27). The van der Waals surface area contributed by atoms with E-state index in [0.29, 0.717) is 24.1 Å². The van der Waals surface area contributed by atoms with Gasteiger partial charge in [0.15, 0.2) is 5.69 Å². The second kappa shape index (κ2) is 6.16. The number of carbonyl (C=O) groups excluding carboxylic acids is 1. The number of aryl methyl sites for hydroxylation is 1. The van der Waals surface area contributed by atoms with Crippen LogP contribution in [0.15, 0.2) is 29.1 Å². The molecule has 2 fully saturated rings. The van der Waals surface area contributed by atoms with Crippen LogP contribution in [0, 0.1) is 11.3 Å². The Kier molecular flexibility index (Phi) is 4.03. The van der Waals surface area contributed by atoms with Gasteiger partial charge in [0.2, 0.25) is 0 Å². The van der Waals surface area contributed by atoms with Gasteiger partial charge < -0.3 is 19.5 Å². The number of carboxylic acids is 1. The molecule has 8 nitrogen and oxygen atoms in total. The van der Waals surface area contributed by atoms with Crippen molar-refractivity contribution in [3.8, 4) is 0 Å². The molecule has 4 rings (SSSR count). The first-order chi connectivity index (χ1) is 12.8. The van der Waals surface area contributed by atoms with Gasteiger partial charge in [-0.2, -0.15) is 0 Å². The first-order valence-electron chi connectivity index (χ1n) is 9.00. The number of piperidine rings is 1. The molecule has 0 spiro atoms. The number of benzene rings is 1. The summed E-state index contributed by atoms with van der Waals surface area (Å²) in [5.41, 5.74) is -0.381. The fourth-order valence-electron chi connectivity index (χ4n) is 4.49. The summed E-state index contributed by atoms with van der Waals surface area (Å²) in [5.74, 6) is -1.48. The lowest BCUT2D eigenvalue weighted by atomic mass is 9.73. The van der Waals surface area contributed by atoms with Crippen LogP contribution in [-0.2, 0) is 11.8 Å². The number of carbonyl (C=O) groups is 2. The van der Waals surface area contributed by atoms with Crippen LogP contribution in [0.1, 0.15) is 16.9 Å². The van der Waals surface area contributed by atoms with Crippen LogP contribution in [0.2, 0.25) is 0 Å². The molecule has 0 radical (unpaired) electrons. The highest BCUT2D eigenvalue weighted by molar-refractivity contribution is 5.95. The van der Waals surface area contributed by atoms with E-state index in [9.17, 15) is 19.5 Å². The van der Waals surface area contributed by atoms with Crippen LogP contribution in [0.25, 0.3) is 11.0 Å². The van der Waals surface area contributed by atoms with Gasteiger partial charge in [-0.1, -0.05) is 12.1 Å². The van der Waals surface area contributed by atoms with Gasteiger partial charge in [0.1, 0.15) is 5.41 Å². The van der Waals surface area contributed by atoms with E-state index in [4.69, 9.17) is 0 Å². The van der Waals surface area contributed by atoms with E-state index < -0.39 is 22.9 Å². The SMILES string of the molecule is CN1CCC2CN(C(=O)c3nc4ccccc4n(C)c3=O)CC2(C(=O)O)C1. The Hall–Kier alpha value is -2.74. The van der Waals surface area contributed by atoms with Crippen molar-refractivity contribution in [1.82, 2.24) is 19.4 Å². The summed E-state index contributed by atoms with van der Waals surface area (Å²) in [7, 11) is 3.51. The highest BCUT2D eigenvalue weighted by Crippen LogP contribution is 2.42. The minimum atomic E-state index is -0.981. The van der Waals surface area contributed by atoms with Gasteiger partial charge >= 0.3 is 5.97 Å². The van der Waals surface area contributed by atoms with Crippen molar-refractivity contribution in [3.63, 3.8) is 0 Å². The lowest BCUT2D eigenvalue weighted by Crippen LogP contribution is -2.52. The van der Waals surface area contributed by atoms with Gasteiger partial charge in [0.05, 0.1) is 11.0 Å². The molecular formula is C19H22N4O4. The summed E-state index contributed by atoms with van der Waals surface area (Å²) < 4.78 is 1.42. The van der Waals surface area contributed by atoms with Gasteiger partial charge in [-0.3, -0.25) is 14.4 Å². The molecule has 2 saturated heterocycles. The first kappa shape index (κ1) is 17.7. The number of likely N-dealkylation sites (tertiary alicyclic amines) is 2. The zero-order chi connectivity index (χ0) is 19.3. The van der Waals surface area contributed by atoms with Crippen LogP contribution in [-0.4, -0.2) is 69.6 Å². The maximum Gasteiger partial charge on any atom is 0.313 e. The molecule has 0 bridgehead atoms. The van der Waals surface area contributed by atoms with E-state index in [1.807, 2.05) is 18.0 Å². The number of aromatic nitrogens is 2. The Morgan fingerprint density at radius 2 is 1.96 bits per heavy atom. The summed E-state index contributed by atoms with van der Waals surface area (Å²) in [6, 6.07) is 7.14. The average Bonchev–Trinajstić information content (AvgIpc) is 3.04. The monoisotopic (exact) mass is 370 g/mol. The van der Waals surface area contributed by atoms with Crippen molar-refractivity contribution in [2.75, 3.05) is 33.2 Å². The third-order valence-corrected chi connectivity index (χ3v) is 6.00. The van der Waals surface area contributed by atoms with E-state index in [0.717, 1.165) is 13.0 Å². The maximum atomic E-state index is 13.1. The molecule has 27 heavy (non-hydrogen) atoms. The predicted molar refractivity (Wildman–Crippen MR) is 98.6 cm³/mol. The number of carboxylic acid groups (broad SMARTS) is 1. The lowest BCUT2D eigenvalue weighted by molar-refractivity contribution is -0.153. The minimum Gasteiger partial charge on any atom is -0.481 e. The number of amides is 1. The third-order valence-electron chi connectivity index (χ3n) is 6.00. The van der Waals surface area contributed by atoms with E-state index in [1.165, 1.54) is 9.47 Å². The van der Waals surface area contributed by atoms with E-state index in [2.05, 4.69) is 4.98 Å². The van der Waals surface area contributed by atoms with E-state index >= 15 is 0 Å². The molecule has 1 amide bonds. The summed E-state index contributed by atoms with van der Waals surface area (Å²) in [5, 5.41) is 9.88. The number of rotatable bonds is 2. The number of hydrogen-bond acceptors (Lipinski definition) is 5. The molecular weight excluding hydrogens is 348 g/mol. The highest BCUT2D eigenvalue weighted by Gasteiger charge is 2.55. The Bertz CT molecular complexity index is 1000. The average molecular weight is 370 g/mol. The second-order valence-electron chi connectivity index (χ2n) is 7.68. The lowest BCUT2D eigenvalue weighted by Gasteiger charge is -2.39. The molecule has 2 aromatic rings. The van der Waals surface area contributed by atoms with Crippen molar-refractivity contribution >= 4 is 22.9 Å². The molecule has 2 aliphatic heterocycles. The number of fused-ring (bicyclic) bond motifs is 2.